The van der Waals surface area contributed by atoms with Crippen LogP contribution in [0.15, 0.2) is 48.8 Å². The average molecular weight is 375 g/mol. The molecule has 140 valence electrons. The van der Waals surface area contributed by atoms with Crippen molar-refractivity contribution in [3.8, 4) is 0 Å². The number of carbonyl (C=O) groups excluding carboxylic acids is 1. The lowest BCUT2D eigenvalue weighted by molar-refractivity contribution is -0.120. The number of anilines is 2. The summed E-state index contributed by atoms with van der Waals surface area (Å²) in [5.74, 6) is 0.176. The smallest absolute Gasteiger partial charge is 0.247 e. The fourth-order valence-electron chi connectivity index (χ4n) is 3.35. The molecular formula is C19H25N3O3S. The van der Waals surface area contributed by atoms with Crippen LogP contribution in [0.25, 0.3) is 0 Å². The second-order valence-electron chi connectivity index (χ2n) is 6.95. The predicted octanol–water partition coefficient (Wildman–Crippen LogP) is 3.25. The van der Waals surface area contributed by atoms with Crippen molar-refractivity contribution in [2.24, 2.45) is 5.92 Å². The van der Waals surface area contributed by atoms with Crippen LogP contribution in [0.4, 0.5) is 11.4 Å². The molecule has 1 fully saturated rings. The minimum Gasteiger partial charge on any atom is -0.342 e. The summed E-state index contributed by atoms with van der Waals surface area (Å²) >= 11 is 0. The van der Waals surface area contributed by atoms with Crippen LogP contribution in [-0.2, 0) is 14.8 Å². The first-order valence-electron chi connectivity index (χ1n) is 8.92. The molecule has 3 rings (SSSR count). The van der Waals surface area contributed by atoms with Gasteiger partial charge < -0.3 is 9.88 Å². The molecule has 1 saturated heterocycles. The van der Waals surface area contributed by atoms with Crippen molar-refractivity contribution in [3.05, 3.63) is 48.8 Å². The van der Waals surface area contributed by atoms with Gasteiger partial charge in [-0.25, -0.2) is 8.42 Å². The monoisotopic (exact) mass is 375 g/mol. The largest absolute Gasteiger partial charge is 0.342 e. The Morgan fingerprint density at radius 3 is 2.50 bits per heavy atom. The van der Waals surface area contributed by atoms with E-state index in [-0.39, 0.29) is 23.6 Å². The Morgan fingerprint density at radius 1 is 1.12 bits per heavy atom. The SMILES string of the molecule is CC(C)[C@@H](C(=O)Nc1cccc(N2CCCCS2(=O)=O)c1)n1cccc1. The maximum absolute atomic E-state index is 12.8. The third-order valence-electron chi connectivity index (χ3n) is 4.60. The molecule has 1 aromatic carbocycles. The van der Waals surface area contributed by atoms with Gasteiger partial charge in [0, 0.05) is 24.6 Å². The molecule has 1 N–H and O–H groups in total. The van der Waals surface area contributed by atoms with Crippen LogP contribution >= 0.6 is 0 Å². The third-order valence-corrected chi connectivity index (χ3v) is 6.47. The molecule has 1 amide bonds. The molecule has 6 nitrogen and oxygen atoms in total. The van der Waals surface area contributed by atoms with E-state index in [0.29, 0.717) is 24.3 Å². The van der Waals surface area contributed by atoms with E-state index >= 15 is 0 Å². The molecule has 1 atom stereocenters. The maximum atomic E-state index is 12.8. The summed E-state index contributed by atoms with van der Waals surface area (Å²) in [6.07, 6.45) is 5.29. The molecule has 26 heavy (non-hydrogen) atoms. The number of nitrogens with zero attached hydrogens (tertiary/aromatic N) is 2. The van der Waals surface area contributed by atoms with Crippen LogP contribution in [0, 0.1) is 5.92 Å². The lowest BCUT2D eigenvalue weighted by Gasteiger charge is -2.28. The van der Waals surface area contributed by atoms with Crippen LogP contribution in [0.1, 0.15) is 32.7 Å². The standard InChI is InChI=1S/C19H25N3O3S/c1-15(2)18(21-10-3-4-11-21)19(23)20-16-8-7-9-17(14-16)22-12-5-6-13-26(22,24)25/h3-4,7-11,14-15,18H,5-6,12-13H2,1-2H3,(H,20,23)/t18-/m0/s1. The Bertz CT molecular complexity index is 860. The molecule has 0 saturated carbocycles. The molecule has 1 aliphatic heterocycles. The van der Waals surface area contributed by atoms with Crippen molar-refractivity contribution < 1.29 is 13.2 Å². The van der Waals surface area contributed by atoms with Gasteiger partial charge in [0.2, 0.25) is 15.9 Å². The summed E-state index contributed by atoms with van der Waals surface area (Å²) < 4.78 is 27.9. The number of hydrogen-bond acceptors (Lipinski definition) is 3. The van der Waals surface area contributed by atoms with Crippen molar-refractivity contribution in [3.63, 3.8) is 0 Å². The number of hydrogen-bond donors (Lipinski definition) is 1. The van der Waals surface area contributed by atoms with Gasteiger partial charge in [0.25, 0.3) is 0 Å². The van der Waals surface area contributed by atoms with Crippen molar-refractivity contribution in [2.75, 3.05) is 21.9 Å². The molecule has 2 aromatic rings. The number of nitrogens with one attached hydrogen (secondary N) is 1. The summed E-state index contributed by atoms with van der Waals surface area (Å²) in [7, 11) is -3.27. The first-order chi connectivity index (χ1) is 12.4. The van der Waals surface area contributed by atoms with Crippen LogP contribution in [0.3, 0.4) is 0 Å². The van der Waals surface area contributed by atoms with Gasteiger partial charge in [0.15, 0.2) is 0 Å². The number of aromatic nitrogens is 1. The van der Waals surface area contributed by atoms with Gasteiger partial charge in [0.1, 0.15) is 6.04 Å². The van der Waals surface area contributed by atoms with Gasteiger partial charge in [-0.3, -0.25) is 9.10 Å². The van der Waals surface area contributed by atoms with E-state index in [1.807, 2.05) is 42.9 Å². The van der Waals surface area contributed by atoms with Gasteiger partial charge in [-0.05, 0) is 49.1 Å². The summed E-state index contributed by atoms with van der Waals surface area (Å²) in [4.78, 5) is 12.8. The fourth-order valence-corrected chi connectivity index (χ4v) is 4.98. The highest BCUT2D eigenvalue weighted by Crippen LogP contribution is 2.27. The van der Waals surface area contributed by atoms with Crippen LogP contribution in [-0.4, -0.2) is 31.2 Å². The van der Waals surface area contributed by atoms with E-state index in [1.54, 1.807) is 24.3 Å². The molecule has 7 heteroatoms. The Labute approximate surface area is 154 Å². The van der Waals surface area contributed by atoms with E-state index in [0.717, 1.165) is 6.42 Å². The Balaban J connectivity index is 1.81. The fraction of sp³-hybridized carbons (Fsp3) is 0.421. The first kappa shape index (κ1) is 18.5. The molecule has 0 radical (unpaired) electrons. The topological polar surface area (TPSA) is 71.4 Å². The number of benzene rings is 1. The number of amides is 1. The minimum atomic E-state index is -3.27. The van der Waals surface area contributed by atoms with Crippen molar-refractivity contribution in [1.29, 1.82) is 0 Å². The zero-order valence-electron chi connectivity index (χ0n) is 15.1. The zero-order chi connectivity index (χ0) is 18.7. The summed E-state index contributed by atoms with van der Waals surface area (Å²) in [5.41, 5.74) is 1.20. The summed E-state index contributed by atoms with van der Waals surface area (Å²) in [6.45, 7) is 4.49. The quantitative estimate of drug-likeness (QED) is 0.872. The van der Waals surface area contributed by atoms with Gasteiger partial charge in [-0.2, -0.15) is 0 Å². The van der Waals surface area contributed by atoms with Gasteiger partial charge >= 0.3 is 0 Å². The molecule has 1 aliphatic rings. The molecular weight excluding hydrogens is 350 g/mol. The average Bonchev–Trinajstić information content (AvgIpc) is 3.08. The molecule has 0 unspecified atom stereocenters. The Hall–Kier alpha value is -2.28. The van der Waals surface area contributed by atoms with Crippen LogP contribution in [0.2, 0.25) is 0 Å². The number of rotatable bonds is 5. The third kappa shape index (κ3) is 3.93. The summed E-state index contributed by atoms with van der Waals surface area (Å²) in [6, 6.07) is 10.5. The van der Waals surface area contributed by atoms with Crippen molar-refractivity contribution >= 4 is 27.3 Å². The highest BCUT2D eigenvalue weighted by Gasteiger charge is 2.27. The first-order valence-corrected chi connectivity index (χ1v) is 10.5. The minimum absolute atomic E-state index is 0.116. The molecule has 1 aromatic heterocycles. The van der Waals surface area contributed by atoms with E-state index in [1.165, 1.54) is 4.31 Å². The van der Waals surface area contributed by atoms with E-state index < -0.39 is 10.0 Å². The van der Waals surface area contributed by atoms with Crippen molar-refractivity contribution in [2.45, 2.75) is 32.7 Å². The van der Waals surface area contributed by atoms with E-state index in [4.69, 9.17) is 0 Å². The highest BCUT2D eigenvalue weighted by molar-refractivity contribution is 7.92. The Morgan fingerprint density at radius 2 is 1.85 bits per heavy atom. The number of sulfonamides is 1. The Kier molecular flexibility index (Phi) is 5.36. The lowest BCUT2D eigenvalue weighted by Crippen LogP contribution is -2.37. The van der Waals surface area contributed by atoms with E-state index in [9.17, 15) is 13.2 Å². The van der Waals surface area contributed by atoms with Crippen LogP contribution in [0.5, 0.6) is 0 Å². The summed E-state index contributed by atoms with van der Waals surface area (Å²) in [5, 5.41) is 2.94. The normalized spacial score (nSPS) is 17.9. The van der Waals surface area contributed by atoms with E-state index in [2.05, 4.69) is 5.32 Å². The lowest BCUT2D eigenvalue weighted by atomic mass is 10.0. The van der Waals surface area contributed by atoms with Gasteiger partial charge in [0.05, 0.1) is 11.4 Å². The number of carbonyl (C=O) groups is 1. The van der Waals surface area contributed by atoms with Gasteiger partial charge in [-0.1, -0.05) is 19.9 Å². The van der Waals surface area contributed by atoms with Crippen molar-refractivity contribution in [1.82, 2.24) is 4.57 Å². The second kappa shape index (κ2) is 7.53. The van der Waals surface area contributed by atoms with Crippen LogP contribution < -0.4 is 9.62 Å². The van der Waals surface area contributed by atoms with Gasteiger partial charge in [-0.15, -0.1) is 0 Å². The molecule has 0 bridgehead atoms. The second-order valence-corrected chi connectivity index (χ2v) is 8.97. The maximum Gasteiger partial charge on any atom is 0.247 e. The predicted molar refractivity (Wildman–Crippen MR) is 104 cm³/mol. The highest BCUT2D eigenvalue weighted by atomic mass is 32.2. The molecule has 2 heterocycles. The molecule has 0 aliphatic carbocycles. The molecule has 0 spiro atoms. The zero-order valence-corrected chi connectivity index (χ0v) is 15.9.